The first kappa shape index (κ1) is 17.9. The van der Waals surface area contributed by atoms with E-state index < -0.39 is 6.04 Å². The summed E-state index contributed by atoms with van der Waals surface area (Å²) in [5, 5.41) is 11.8. The summed E-state index contributed by atoms with van der Waals surface area (Å²) >= 11 is 0. The molecule has 1 aliphatic heterocycles. The largest absolute Gasteiger partial charge is 0.378 e. The Labute approximate surface area is 141 Å². The minimum atomic E-state index is -0.498. The first-order valence-electron chi connectivity index (χ1n) is 7.88. The molecular weight excluding hydrogens is 308 g/mol. The van der Waals surface area contributed by atoms with Crippen LogP contribution in [0, 0.1) is 11.3 Å². The van der Waals surface area contributed by atoms with Crippen LogP contribution in [0.1, 0.15) is 12.5 Å². The number of nitrogens with one attached hydrogen (secondary N) is 1. The quantitative estimate of drug-likeness (QED) is 0.858. The van der Waals surface area contributed by atoms with Gasteiger partial charge >= 0.3 is 0 Å². The number of rotatable bonds is 5. The van der Waals surface area contributed by atoms with Crippen LogP contribution in [0.3, 0.4) is 0 Å². The van der Waals surface area contributed by atoms with Gasteiger partial charge < -0.3 is 15.0 Å². The monoisotopic (exact) mass is 330 g/mol. The molecule has 1 saturated heterocycles. The molecule has 24 heavy (non-hydrogen) atoms. The van der Waals surface area contributed by atoms with Crippen molar-refractivity contribution in [2.45, 2.75) is 13.0 Å². The lowest BCUT2D eigenvalue weighted by atomic mass is 10.2. The van der Waals surface area contributed by atoms with Gasteiger partial charge in [0.15, 0.2) is 0 Å². The lowest BCUT2D eigenvalue weighted by Crippen LogP contribution is -2.48. The zero-order chi connectivity index (χ0) is 17.5. The average Bonchev–Trinajstić information content (AvgIpc) is 2.62. The first-order chi connectivity index (χ1) is 11.5. The minimum Gasteiger partial charge on any atom is -0.378 e. The number of nitriles is 1. The van der Waals surface area contributed by atoms with E-state index in [4.69, 9.17) is 10.00 Å². The second kappa shape index (κ2) is 8.43. The van der Waals surface area contributed by atoms with Gasteiger partial charge in [0.25, 0.3) is 0 Å². The van der Waals surface area contributed by atoms with Gasteiger partial charge in [0.2, 0.25) is 11.8 Å². The van der Waals surface area contributed by atoms with Gasteiger partial charge in [-0.15, -0.1) is 0 Å². The second-order valence-corrected chi connectivity index (χ2v) is 5.73. The van der Waals surface area contributed by atoms with Gasteiger partial charge in [-0.3, -0.25) is 14.5 Å². The minimum absolute atomic E-state index is 0.0159. The number of amides is 2. The van der Waals surface area contributed by atoms with Gasteiger partial charge in [0.1, 0.15) is 6.07 Å². The van der Waals surface area contributed by atoms with Gasteiger partial charge in [-0.2, -0.15) is 5.26 Å². The highest BCUT2D eigenvalue weighted by Crippen LogP contribution is 2.14. The highest BCUT2D eigenvalue weighted by Gasteiger charge is 2.24. The molecular formula is C17H22N4O3. The Morgan fingerprint density at radius 3 is 2.71 bits per heavy atom. The molecule has 0 saturated carbocycles. The molecule has 128 valence electrons. The van der Waals surface area contributed by atoms with Gasteiger partial charge in [-0.1, -0.05) is 12.1 Å². The summed E-state index contributed by atoms with van der Waals surface area (Å²) in [6.07, 6.45) is 0. The van der Waals surface area contributed by atoms with Crippen LogP contribution >= 0.6 is 0 Å². The van der Waals surface area contributed by atoms with Gasteiger partial charge in [-0.25, -0.2) is 0 Å². The maximum absolute atomic E-state index is 12.4. The SMILES string of the molecule is C[C@H](C(=O)Nc1ccccc1C#N)N(C)CC(=O)N1CCOCC1. The summed E-state index contributed by atoms with van der Waals surface area (Å²) in [5.41, 5.74) is 0.884. The number of ether oxygens (including phenoxy) is 1. The molecule has 7 heteroatoms. The molecule has 1 heterocycles. The van der Waals surface area contributed by atoms with E-state index in [1.54, 1.807) is 48.0 Å². The molecule has 1 aromatic rings. The molecule has 0 aromatic heterocycles. The lowest BCUT2D eigenvalue weighted by Gasteiger charge is -2.30. The number of hydrogen-bond donors (Lipinski definition) is 1. The number of carbonyl (C=O) groups is 2. The molecule has 1 fully saturated rings. The number of hydrogen-bond acceptors (Lipinski definition) is 5. The van der Waals surface area contributed by atoms with Crippen molar-refractivity contribution < 1.29 is 14.3 Å². The van der Waals surface area contributed by atoms with Crippen LogP contribution in [0.4, 0.5) is 5.69 Å². The Kier molecular flexibility index (Phi) is 6.29. The standard InChI is InChI=1S/C17H22N4O3/c1-13(17(23)19-15-6-4-3-5-14(15)11-18)20(2)12-16(22)21-7-9-24-10-8-21/h3-6,13H,7-10,12H2,1-2H3,(H,19,23)/t13-/m1/s1. The number of anilines is 1. The number of para-hydroxylation sites is 1. The average molecular weight is 330 g/mol. The highest BCUT2D eigenvalue weighted by molar-refractivity contribution is 5.96. The van der Waals surface area contributed by atoms with Gasteiger partial charge in [-0.05, 0) is 26.1 Å². The molecule has 2 rings (SSSR count). The Bertz CT molecular complexity index is 635. The Morgan fingerprint density at radius 2 is 2.04 bits per heavy atom. The molecule has 1 N–H and O–H groups in total. The zero-order valence-corrected chi connectivity index (χ0v) is 14.0. The fraction of sp³-hybridized carbons (Fsp3) is 0.471. The van der Waals surface area contributed by atoms with Crippen LogP contribution in [-0.4, -0.2) is 67.6 Å². The Balaban J connectivity index is 1.92. The fourth-order valence-electron chi connectivity index (χ4n) is 2.39. The number of nitrogens with zero attached hydrogens (tertiary/aromatic N) is 3. The number of likely N-dealkylation sites (N-methyl/N-ethyl adjacent to an activating group) is 1. The van der Waals surface area contributed by atoms with Gasteiger partial charge in [0.05, 0.1) is 37.1 Å². The van der Waals surface area contributed by atoms with Crippen LogP contribution in [-0.2, 0) is 14.3 Å². The summed E-state index contributed by atoms with van der Waals surface area (Å²) in [5.74, 6) is -0.271. The van der Waals surface area contributed by atoms with Crippen molar-refractivity contribution in [3.8, 4) is 6.07 Å². The highest BCUT2D eigenvalue weighted by atomic mass is 16.5. The van der Waals surface area contributed by atoms with Crippen LogP contribution < -0.4 is 5.32 Å². The van der Waals surface area contributed by atoms with E-state index in [9.17, 15) is 9.59 Å². The van der Waals surface area contributed by atoms with E-state index in [0.29, 0.717) is 37.6 Å². The normalized spacial score (nSPS) is 15.7. The molecule has 0 spiro atoms. The Hall–Kier alpha value is -2.43. The predicted octanol–water partition coefficient (Wildman–Crippen LogP) is 0.676. The maximum atomic E-state index is 12.4. The molecule has 1 atom stereocenters. The second-order valence-electron chi connectivity index (χ2n) is 5.73. The summed E-state index contributed by atoms with van der Waals surface area (Å²) in [7, 11) is 1.73. The van der Waals surface area contributed by atoms with Crippen LogP contribution in [0.5, 0.6) is 0 Å². The van der Waals surface area contributed by atoms with Crippen molar-refractivity contribution in [3.05, 3.63) is 29.8 Å². The maximum Gasteiger partial charge on any atom is 0.241 e. The van der Waals surface area contributed by atoms with Crippen molar-refractivity contribution in [2.24, 2.45) is 0 Å². The summed E-state index contributed by atoms with van der Waals surface area (Å²) in [4.78, 5) is 28.1. The van der Waals surface area contributed by atoms with Crippen LogP contribution in [0.15, 0.2) is 24.3 Å². The molecule has 7 nitrogen and oxygen atoms in total. The zero-order valence-electron chi connectivity index (χ0n) is 14.0. The van der Waals surface area contributed by atoms with E-state index in [1.165, 1.54) is 0 Å². The smallest absolute Gasteiger partial charge is 0.241 e. The summed E-state index contributed by atoms with van der Waals surface area (Å²) in [6.45, 7) is 4.17. The van der Waals surface area contributed by atoms with Gasteiger partial charge in [0, 0.05) is 13.1 Å². The van der Waals surface area contributed by atoms with Crippen molar-refractivity contribution >= 4 is 17.5 Å². The van der Waals surface area contributed by atoms with Crippen LogP contribution in [0.25, 0.3) is 0 Å². The molecule has 1 aliphatic rings. The van der Waals surface area contributed by atoms with Crippen molar-refractivity contribution in [2.75, 3.05) is 45.2 Å². The number of carbonyl (C=O) groups excluding carboxylic acids is 2. The number of morpholine rings is 1. The fourth-order valence-corrected chi connectivity index (χ4v) is 2.39. The molecule has 0 aliphatic carbocycles. The van der Waals surface area contributed by atoms with Crippen LogP contribution in [0.2, 0.25) is 0 Å². The molecule has 1 aromatic carbocycles. The molecule has 0 unspecified atom stereocenters. The van der Waals surface area contributed by atoms with E-state index in [0.717, 1.165) is 0 Å². The Morgan fingerprint density at radius 1 is 1.38 bits per heavy atom. The molecule has 0 radical (unpaired) electrons. The summed E-state index contributed by atoms with van der Waals surface area (Å²) < 4.78 is 5.23. The predicted molar refractivity (Wildman–Crippen MR) is 89.3 cm³/mol. The first-order valence-corrected chi connectivity index (χ1v) is 7.88. The summed E-state index contributed by atoms with van der Waals surface area (Å²) in [6, 6.07) is 8.37. The number of benzene rings is 1. The van der Waals surface area contributed by atoms with E-state index in [2.05, 4.69) is 5.32 Å². The van der Waals surface area contributed by atoms with E-state index >= 15 is 0 Å². The third-order valence-corrected chi connectivity index (χ3v) is 4.09. The molecule has 0 bridgehead atoms. The molecule has 2 amide bonds. The van der Waals surface area contributed by atoms with Crippen molar-refractivity contribution in [1.82, 2.24) is 9.80 Å². The van der Waals surface area contributed by atoms with E-state index in [1.807, 2.05) is 6.07 Å². The van der Waals surface area contributed by atoms with E-state index in [-0.39, 0.29) is 18.4 Å². The van der Waals surface area contributed by atoms with Crippen molar-refractivity contribution in [1.29, 1.82) is 5.26 Å². The van der Waals surface area contributed by atoms with Crippen molar-refractivity contribution in [3.63, 3.8) is 0 Å². The third kappa shape index (κ3) is 4.54. The lowest BCUT2D eigenvalue weighted by molar-refractivity contribution is -0.137. The topological polar surface area (TPSA) is 85.7 Å². The third-order valence-electron chi connectivity index (χ3n) is 4.09.